The molecule has 21 heavy (non-hydrogen) atoms. The lowest BCUT2D eigenvalue weighted by Crippen LogP contribution is -2.42. The second kappa shape index (κ2) is 9.35. The molecule has 2 saturated heterocycles. The van der Waals surface area contributed by atoms with Gasteiger partial charge >= 0.3 is 0 Å². The molecule has 2 fully saturated rings. The number of hydrogen-bond acceptors (Lipinski definition) is 5. The summed E-state index contributed by atoms with van der Waals surface area (Å²) >= 11 is 0. The van der Waals surface area contributed by atoms with Crippen LogP contribution in [-0.4, -0.2) is 88.1 Å². The number of carbonyl (C=O) groups is 1. The first-order valence-electron chi connectivity index (χ1n) is 7.99. The first-order chi connectivity index (χ1) is 10.3. The molecule has 2 aliphatic rings. The van der Waals surface area contributed by atoms with Gasteiger partial charge < -0.3 is 19.1 Å². The van der Waals surface area contributed by atoms with E-state index in [2.05, 4.69) is 4.90 Å². The molecule has 2 heterocycles. The minimum Gasteiger partial charge on any atom is -0.379 e. The van der Waals surface area contributed by atoms with Crippen LogP contribution in [0.1, 0.15) is 19.3 Å². The third-order valence-electron chi connectivity index (χ3n) is 4.08. The SMILES string of the molecule is CN(CCN1CCOCC1)C(=O)COC[C@@H]1CCCCO1. The van der Waals surface area contributed by atoms with Crippen molar-refractivity contribution >= 4 is 5.91 Å². The van der Waals surface area contributed by atoms with Crippen molar-refractivity contribution in [3.05, 3.63) is 0 Å². The molecule has 0 unspecified atom stereocenters. The summed E-state index contributed by atoms with van der Waals surface area (Å²) in [6, 6.07) is 0. The number of hydrogen-bond donors (Lipinski definition) is 0. The number of ether oxygens (including phenoxy) is 3. The molecule has 1 atom stereocenters. The van der Waals surface area contributed by atoms with Crippen molar-refractivity contribution in [2.24, 2.45) is 0 Å². The van der Waals surface area contributed by atoms with Crippen molar-refractivity contribution in [2.45, 2.75) is 25.4 Å². The molecule has 0 saturated carbocycles. The Kier molecular flexibility index (Phi) is 7.43. The van der Waals surface area contributed by atoms with Gasteiger partial charge in [0.05, 0.1) is 25.9 Å². The molecular weight excluding hydrogens is 272 g/mol. The van der Waals surface area contributed by atoms with Crippen molar-refractivity contribution in [3.8, 4) is 0 Å². The van der Waals surface area contributed by atoms with Gasteiger partial charge in [0.15, 0.2) is 0 Å². The van der Waals surface area contributed by atoms with Crippen molar-refractivity contribution in [2.75, 3.05) is 66.3 Å². The highest BCUT2D eigenvalue weighted by atomic mass is 16.5. The highest BCUT2D eigenvalue weighted by Gasteiger charge is 2.16. The van der Waals surface area contributed by atoms with Crippen molar-refractivity contribution < 1.29 is 19.0 Å². The van der Waals surface area contributed by atoms with Crippen LogP contribution < -0.4 is 0 Å². The maximum absolute atomic E-state index is 12.0. The standard InChI is InChI=1S/C15H28N2O4/c1-16(5-6-17-7-10-19-11-8-17)15(18)13-20-12-14-4-2-3-9-21-14/h14H,2-13H2,1H3/t14-/m0/s1. The number of likely N-dealkylation sites (N-methyl/N-ethyl adjacent to an activating group) is 1. The van der Waals surface area contributed by atoms with E-state index in [-0.39, 0.29) is 18.6 Å². The maximum atomic E-state index is 12.0. The molecule has 1 amide bonds. The first-order valence-corrected chi connectivity index (χ1v) is 7.99. The van der Waals surface area contributed by atoms with E-state index in [1.54, 1.807) is 4.90 Å². The Morgan fingerprint density at radius 3 is 2.81 bits per heavy atom. The number of carbonyl (C=O) groups excluding carboxylic acids is 1. The number of morpholine rings is 1. The lowest BCUT2D eigenvalue weighted by molar-refractivity contribution is -0.137. The van der Waals surface area contributed by atoms with Gasteiger partial charge in [0.1, 0.15) is 6.61 Å². The summed E-state index contributed by atoms with van der Waals surface area (Å²) in [5.74, 6) is 0.0408. The van der Waals surface area contributed by atoms with Gasteiger partial charge in [-0.2, -0.15) is 0 Å². The molecule has 0 N–H and O–H groups in total. The lowest BCUT2D eigenvalue weighted by Gasteiger charge is -2.28. The van der Waals surface area contributed by atoms with Gasteiger partial charge in [-0.05, 0) is 19.3 Å². The second-order valence-electron chi connectivity index (χ2n) is 5.77. The van der Waals surface area contributed by atoms with E-state index in [9.17, 15) is 4.79 Å². The molecule has 2 aliphatic heterocycles. The Bertz CT molecular complexity index is 302. The van der Waals surface area contributed by atoms with E-state index < -0.39 is 0 Å². The molecule has 6 nitrogen and oxygen atoms in total. The fraction of sp³-hybridized carbons (Fsp3) is 0.933. The minimum absolute atomic E-state index is 0.0408. The monoisotopic (exact) mass is 300 g/mol. The van der Waals surface area contributed by atoms with Gasteiger partial charge in [-0.1, -0.05) is 0 Å². The average Bonchev–Trinajstić information content (AvgIpc) is 2.54. The molecule has 122 valence electrons. The summed E-state index contributed by atoms with van der Waals surface area (Å²) in [6.07, 6.45) is 3.55. The van der Waals surface area contributed by atoms with E-state index in [0.717, 1.165) is 58.8 Å². The molecule has 0 aliphatic carbocycles. The molecule has 0 bridgehead atoms. The van der Waals surface area contributed by atoms with E-state index >= 15 is 0 Å². The van der Waals surface area contributed by atoms with Crippen LogP contribution in [0.15, 0.2) is 0 Å². The van der Waals surface area contributed by atoms with E-state index in [0.29, 0.717) is 6.61 Å². The molecular formula is C15H28N2O4. The van der Waals surface area contributed by atoms with Crippen molar-refractivity contribution in [3.63, 3.8) is 0 Å². The molecule has 2 rings (SSSR count). The van der Waals surface area contributed by atoms with Crippen LogP contribution >= 0.6 is 0 Å². The molecule has 0 radical (unpaired) electrons. The van der Waals surface area contributed by atoms with Gasteiger partial charge in [-0.25, -0.2) is 0 Å². The summed E-state index contributed by atoms with van der Waals surface area (Å²) in [4.78, 5) is 16.0. The van der Waals surface area contributed by atoms with Gasteiger partial charge in [0.25, 0.3) is 0 Å². The Labute approximate surface area is 127 Å². The summed E-state index contributed by atoms with van der Waals surface area (Å²) in [6.45, 7) is 6.64. The van der Waals surface area contributed by atoms with Crippen LogP contribution in [0.3, 0.4) is 0 Å². The van der Waals surface area contributed by atoms with Gasteiger partial charge in [-0.15, -0.1) is 0 Å². The van der Waals surface area contributed by atoms with Crippen LogP contribution in [0.25, 0.3) is 0 Å². The molecule has 0 aromatic heterocycles. The third kappa shape index (κ3) is 6.30. The van der Waals surface area contributed by atoms with Crippen LogP contribution in [0.4, 0.5) is 0 Å². The van der Waals surface area contributed by atoms with E-state index in [1.165, 1.54) is 6.42 Å². The van der Waals surface area contributed by atoms with Gasteiger partial charge in [0.2, 0.25) is 5.91 Å². The normalized spacial score (nSPS) is 24.0. The number of rotatable bonds is 7. The number of nitrogens with zero attached hydrogens (tertiary/aromatic N) is 2. The van der Waals surface area contributed by atoms with Crippen LogP contribution in [0.2, 0.25) is 0 Å². The molecule has 0 aromatic rings. The minimum atomic E-state index is 0.0408. The highest BCUT2D eigenvalue weighted by molar-refractivity contribution is 5.77. The zero-order valence-electron chi connectivity index (χ0n) is 13.1. The quantitative estimate of drug-likeness (QED) is 0.680. The smallest absolute Gasteiger partial charge is 0.248 e. The molecule has 0 spiro atoms. The third-order valence-corrected chi connectivity index (χ3v) is 4.08. The lowest BCUT2D eigenvalue weighted by atomic mass is 10.1. The van der Waals surface area contributed by atoms with E-state index in [4.69, 9.17) is 14.2 Å². The Morgan fingerprint density at radius 1 is 1.29 bits per heavy atom. The zero-order valence-corrected chi connectivity index (χ0v) is 13.1. The summed E-state index contributed by atoms with van der Waals surface area (Å²) in [5.41, 5.74) is 0. The average molecular weight is 300 g/mol. The number of amides is 1. The van der Waals surface area contributed by atoms with Crippen LogP contribution in [0.5, 0.6) is 0 Å². The zero-order chi connectivity index (χ0) is 14.9. The summed E-state index contributed by atoms with van der Waals surface area (Å²) < 4.78 is 16.4. The maximum Gasteiger partial charge on any atom is 0.248 e. The largest absolute Gasteiger partial charge is 0.379 e. The first kappa shape index (κ1) is 16.7. The highest BCUT2D eigenvalue weighted by Crippen LogP contribution is 2.12. The summed E-state index contributed by atoms with van der Waals surface area (Å²) in [5, 5.41) is 0. The Hall–Kier alpha value is -0.690. The Balaban J connectivity index is 1.54. The van der Waals surface area contributed by atoms with Gasteiger partial charge in [-0.3, -0.25) is 9.69 Å². The van der Waals surface area contributed by atoms with Crippen molar-refractivity contribution in [1.82, 2.24) is 9.80 Å². The predicted molar refractivity (Wildman–Crippen MR) is 79.3 cm³/mol. The Morgan fingerprint density at radius 2 is 2.10 bits per heavy atom. The molecule has 6 heteroatoms. The predicted octanol–water partition coefficient (Wildman–Crippen LogP) is 0.363. The topological polar surface area (TPSA) is 51.2 Å². The molecule has 0 aromatic carbocycles. The second-order valence-corrected chi connectivity index (χ2v) is 5.77. The van der Waals surface area contributed by atoms with Gasteiger partial charge in [0, 0.05) is 39.8 Å². The van der Waals surface area contributed by atoms with Crippen LogP contribution in [0, 0.1) is 0 Å². The fourth-order valence-electron chi connectivity index (χ4n) is 2.57. The van der Waals surface area contributed by atoms with Crippen molar-refractivity contribution in [1.29, 1.82) is 0 Å². The fourth-order valence-corrected chi connectivity index (χ4v) is 2.57. The van der Waals surface area contributed by atoms with E-state index in [1.807, 2.05) is 7.05 Å². The summed E-state index contributed by atoms with van der Waals surface area (Å²) in [7, 11) is 1.84. The van der Waals surface area contributed by atoms with Crippen LogP contribution in [-0.2, 0) is 19.0 Å².